The van der Waals surface area contributed by atoms with Gasteiger partial charge in [-0.25, -0.2) is 0 Å². The van der Waals surface area contributed by atoms with Gasteiger partial charge in [0.15, 0.2) is 0 Å². The summed E-state index contributed by atoms with van der Waals surface area (Å²) in [6.45, 7) is 0. The first kappa shape index (κ1) is 43.2. The van der Waals surface area contributed by atoms with Gasteiger partial charge in [-0.15, -0.1) is 0 Å². The fraction of sp³-hybridized carbons (Fsp3) is 0. The van der Waals surface area contributed by atoms with Gasteiger partial charge >= 0.3 is 55.9 Å². The van der Waals surface area contributed by atoms with Gasteiger partial charge in [-0.2, -0.15) is 0 Å². The summed E-state index contributed by atoms with van der Waals surface area (Å²) in [4.78, 5) is 0. The van der Waals surface area contributed by atoms with E-state index in [9.17, 15) is 0 Å². The summed E-state index contributed by atoms with van der Waals surface area (Å²) >= 11 is 0. The molecular weight excluding hydrogens is 238 g/mol. The summed E-state index contributed by atoms with van der Waals surface area (Å²) in [6, 6.07) is 0. The molecule has 0 aromatic carbocycles. The van der Waals surface area contributed by atoms with Crippen LogP contribution in [0.25, 0.3) is 0 Å². The van der Waals surface area contributed by atoms with Gasteiger partial charge in [0.05, 0.1) is 0 Å². The van der Waals surface area contributed by atoms with Gasteiger partial charge < -0.3 is 5.48 Å². The minimum absolute atomic E-state index is 0. The average Bonchev–Trinajstić information content (AvgIpc) is 0. The molecule has 0 saturated heterocycles. The molecule has 0 heterocycles. The van der Waals surface area contributed by atoms with Crippen LogP contribution in [0.2, 0.25) is 0 Å². The van der Waals surface area contributed by atoms with Crippen molar-refractivity contribution in [3.05, 3.63) is 0 Å². The van der Waals surface area contributed by atoms with E-state index in [1.807, 2.05) is 0 Å². The molecule has 0 radical (unpaired) electrons. The molecule has 0 aliphatic heterocycles. The molecule has 4 heteroatoms. The second kappa shape index (κ2) is 22.1. The van der Waals surface area contributed by atoms with Crippen LogP contribution in [0.3, 0.4) is 0 Å². The summed E-state index contributed by atoms with van der Waals surface area (Å²) in [5, 5.41) is 0. The van der Waals surface area contributed by atoms with Gasteiger partial charge in [-0.1, -0.05) is 0 Å². The molecule has 4 heavy (non-hydrogen) atoms. The number of rotatable bonds is 0. The Bertz CT molecular complexity index is 8.00. The van der Waals surface area contributed by atoms with E-state index in [1.165, 1.54) is 0 Å². The Hall–Kier alpha value is 1.71. The van der Waals surface area contributed by atoms with Gasteiger partial charge in [0.25, 0.3) is 0 Å². The van der Waals surface area contributed by atoms with E-state index in [4.69, 9.17) is 0 Å². The second-order valence-corrected chi connectivity index (χ2v) is 0. The van der Waals surface area contributed by atoms with Crippen LogP contribution in [-0.4, -0.2) is 0 Å². The van der Waals surface area contributed by atoms with Gasteiger partial charge in [-0.05, 0) is 0 Å². The first-order chi connectivity index (χ1) is 0. The van der Waals surface area contributed by atoms with E-state index < -0.39 is 0 Å². The van der Waals surface area contributed by atoms with Crippen molar-refractivity contribution in [2.24, 2.45) is 0 Å². The molecule has 0 aliphatic rings. The minimum atomic E-state index is 0. The molecule has 0 aromatic rings. The molecular formula is AgFeNiO+3. The van der Waals surface area contributed by atoms with Crippen molar-refractivity contribution in [1.29, 1.82) is 0 Å². The molecule has 0 aromatic heterocycles. The monoisotopic (exact) mass is 237 g/mol. The van der Waals surface area contributed by atoms with E-state index in [0.29, 0.717) is 0 Å². The van der Waals surface area contributed by atoms with Gasteiger partial charge in [-0.3, -0.25) is 0 Å². The minimum Gasteiger partial charge on any atom is -2.00 e. The van der Waals surface area contributed by atoms with Crippen LogP contribution in [-0.2, 0) is 61.4 Å². The second-order valence-electron chi connectivity index (χ2n) is 0. The number of hydrogen-bond acceptors (Lipinski definition) is 0. The fourth-order valence-corrected chi connectivity index (χ4v) is 0. The SMILES string of the molecule is [Ag+].[Fe+2].[Ni+2].[O-2]. The van der Waals surface area contributed by atoms with Crippen LogP contribution in [0.4, 0.5) is 0 Å². The van der Waals surface area contributed by atoms with Crippen LogP contribution >= 0.6 is 0 Å². The molecule has 0 bridgehead atoms. The van der Waals surface area contributed by atoms with Crippen molar-refractivity contribution in [3.8, 4) is 0 Å². The average molecular weight is 238 g/mol. The van der Waals surface area contributed by atoms with Crippen molar-refractivity contribution < 1.29 is 61.4 Å². The van der Waals surface area contributed by atoms with Crippen molar-refractivity contribution in [2.75, 3.05) is 0 Å². The Kier molecular flexibility index (Phi) is 239. The Labute approximate surface area is 61.1 Å². The largest absolute Gasteiger partial charge is 2.00 e. The molecule has 1 nitrogen and oxygen atoms in total. The molecule has 0 rings (SSSR count). The van der Waals surface area contributed by atoms with Crippen LogP contribution < -0.4 is 0 Å². The molecule has 32 valence electrons. The van der Waals surface area contributed by atoms with E-state index in [-0.39, 0.29) is 61.4 Å². The van der Waals surface area contributed by atoms with Gasteiger partial charge in [0, 0.05) is 0 Å². The summed E-state index contributed by atoms with van der Waals surface area (Å²) in [7, 11) is 0. The summed E-state index contributed by atoms with van der Waals surface area (Å²) in [5.74, 6) is 0. The summed E-state index contributed by atoms with van der Waals surface area (Å²) in [6.07, 6.45) is 0. The zero-order valence-electron chi connectivity index (χ0n) is 1.38. The third-order valence-electron chi connectivity index (χ3n) is 0. The summed E-state index contributed by atoms with van der Waals surface area (Å²) < 4.78 is 0. The van der Waals surface area contributed by atoms with E-state index >= 15 is 0 Å². The van der Waals surface area contributed by atoms with Crippen molar-refractivity contribution in [3.63, 3.8) is 0 Å². The summed E-state index contributed by atoms with van der Waals surface area (Å²) in [5.41, 5.74) is 0. The van der Waals surface area contributed by atoms with Gasteiger partial charge in [0.2, 0.25) is 0 Å². The topological polar surface area (TPSA) is 28.5 Å². The molecule has 0 spiro atoms. The molecule has 0 N–H and O–H groups in total. The molecule has 0 atom stereocenters. The van der Waals surface area contributed by atoms with Crippen LogP contribution in [0.15, 0.2) is 0 Å². The zero-order valence-corrected chi connectivity index (χ0v) is 4.95. The van der Waals surface area contributed by atoms with Gasteiger partial charge in [0.1, 0.15) is 0 Å². The van der Waals surface area contributed by atoms with Crippen LogP contribution in [0, 0.1) is 0 Å². The van der Waals surface area contributed by atoms with Crippen LogP contribution in [0.1, 0.15) is 0 Å². The van der Waals surface area contributed by atoms with Crippen molar-refractivity contribution in [1.82, 2.24) is 0 Å². The molecule has 0 aliphatic carbocycles. The number of hydrogen-bond donors (Lipinski definition) is 0. The fourth-order valence-electron chi connectivity index (χ4n) is 0. The quantitative estimate of drug-likeness (QED) is 0.526. The molecule has 0 saturated carbocycles. The van der Waals surface area contributed by atoms with Crippen molar-refractivity contribution in [2.45, 2.75) is 0 Å². The van der Waals surface area contributed by atoms with E-state index in [2.05, 4.69) is 0 Å². The Morgan fingerprint density at radius 3 is 1.00 bits per heavy atom. The third kappa shape index (κ3) is 9.31. The first-order valence-electron chi connectivity index (χ1n) is 0. The maximum atomic E-state index is 0. The smallest absolute Gasteiger partial charge is 2.00 e. The predicted octanol–water partition coefficient (Wildman–Crippen LogP) is -0.126. The Morgan fingerprint density at radius 1 is 1.00 bits per heavy atom. The maximum absolute atomic E-state index is 0. The normalized spacial score (nSPS) is 0. The van der Waals surface area contributed by atoms with E-state index in [0.717, 1.165) is 0 Å². The zero-order chi connectivity index (χ0) is 0. The molecule has 0 unspecified atom stereocenters. The van der Waals surface area contributed by atoms with E-state index in [1.54, 1.807) is 0 Å². The molecule has 0 fully saturated rings. The standard InChI is InChI=1S/Ag.Fe.Ni.O/q+1;2*+2;-2. The maximum Gasteiger partial charge on any atom is 2.00 e. The Balaban J connectivity index is 0. The first-order valence-corrected chi connectivity index (χ1v) is 0. The van der Waals surface area contributed by atoms with Crippen molar-refractivity contribution >= 4 is 0 Å². The van der Waals surface area contributed by atoms with Crippen LogP contribution in [0.5, 0.6) is 0 Å². The third-order valence-corrected chi connectivity index (χ3v) is 0. The Morgan fingerprint density at radius 2 is 1.00 bits per heavy atom. The molecule has 0 amide bonds. The predicted molar refractivity (Wildman–Crippen MR) is 0.686 cm³/mol.